The number of nitrogens with one attached hydrogen (secondary N) is 1. The second-order valence-electron chi connectivity index (χ2n) is 2.68. The first-order valence-corrected chi connectivity index (χ1v) is 7.33. The molecule has 0 saturated heterocycles. The van der Waals surface area contributed by atoms with Gasteiger partial charge in [0, 0.05) is 10.7 Å². The summed E-state index contributed by atoms with van der Waals surface area (Å²) in [6.07, 6.45) is -0.685. The van der Waals surface area contributed by atoms with E-state index >= 15 is 0 Å². The fourth-order valence-electron chi connectivity index (χ4n) is 0.917. The van der Waals surface area contributed by atoms with Gasteiger partial charge in [0.2, 0.25) is 0 Å². The fourth-order valence-corrected chi connectivity index (χ4v) is 3.25. The second kappa shape index (κ2) is 4.98. The van der Waals surface area contributed by atoms with Crippen LogP contribution in [-0.2, 0) is 13.8 Å². The number of anilines is 1. The normalized spacial score (nSPS) is 11.2. The number of aromatic nitrogens is 1. The first kappa shape index (κ1) is 13.2. The highest BCUT2D eigenvalue weighted by atomic mass is 35.7. The Balaban J connectivity index is 2.90. The van der Waals surface area contributed by atoms with Gasteiger partial charge < -0.3 is 4.74 Å². The molecule has 0 fully saturated rings. The summed E-state index contributed by atoms with van der Waals surface area (Å²) >= 11 is 0.778. The highest BCUT2D eigenvalue weighted by molar-refractivity contribution is 8.15. The van der Waals surface area contributed by atoms with E-state index in [4.69, 9.17) is 10.7 Å². The Morgan fingerprint density at radius 1 is 1.62 bits per heavy atom. The third kappa shape index (κ3) is 3.32. The molecule has 0 aliphatic rings. The van der Waals surface area contributed by atoms with Crippen molar-refractivity contribution in [1.82, 2.24) is 4.98 Å². The minimum Gasteiger partial charge on any atom is -0.450 e. The van der Waals surface area contributed by atoms with Crippen LogP contribution < -0.4 is 5.32 Å². The number of hydrogen-bond donors (Lipinski definition) is 1. The monoisotopic (exact) mass is 284 g/mol. The molecule has 0 aliphatic heterocycles. The van der Waals surface area contributed by atoms with Gasteiger partial charge in [-0.15, -0.1) is 0 Å². The molecule has 1 rings (SSSR count). The van der Waals surface area contributed by atoms with Gasteiger partial charge in [0.25, 0.3) is 9.05 Å². The van der Waals surface area contributed by atoms with Crippen molar-refractivity contribution in [2.45, 2.75) is 18.1 Å². The zero-order valence-electron chi connectivity index (χ0n) is 8.48. The smallest absolute Gasteiger partial charge is 0.413 e. The van der Waals surface area contributed by atoms with Crippen LogP contribution >= 0.6 is 22.0 Å². The Bertz CT molecular complexity index is 496. The Hall–Kier alpha value is -0.860. The van der Waals surface area contributed by atoms with Crippen molar-refractivity contribution in [2.75, 3.05) is 11.9 Å². The lowest BCUT2D eigenvalue weighted by Gasteiger charge is -1.99. The molecule has 9 heteroatoms. The molecule has 0 bridgehead atoms. The van der Waals surface area contributed by atoms with Gasteiger partial charge in [-0.05, 0) is 13.8 Å². The maximum Gasteiger partial charge on any atom is 0.413 e. The largest absolute Gasteiger partial charge is 0.450 e. The first-order valence-electron chi connectivity index (χ1n) is 4.20. The molecule has 90 valence electrons. The van der Waals surface area contributed by atoms with Gasteiger partial charge in [-0.3, -0.25) is 5.32 Å². The molecule has 1 aromatic heterocycles. The SMILES string of the molecule is CCOC(=O)Nc1nc(C)c(S(=O)(=O)Cl)s1. The molecule has 0 unspecified atom stereocenters. The summed E-state index contributed by atoms with van der Waals surface area (Å²) in [7, 11) is 1.35. The minimum atomic E-state index is -3.82. The van der Waals surface area contributed by atoms with Gasteiger partial charge in [0.05, 0.1) is 12.3 Å². The number of ether oxygens (including phenoxy) is 1. The molecule has 6 nitrogen and oxygen atoms in total. The van der Waals surface area contributed by atoms with Crippen molar-refractivity contribution >= 4 is 42.3 Å². The van der Waals surface area contributed by atoms with E-state index in [1.165, 1.54) is 6.92 Å². The third-order valence-corrected chi connectivity index (χ3v) is 4.71. The number of nitrogens with zero attached hydrogens (tertiary/aromatic N) is 1. The molecule has 1 N–H and O–H groups in total. The number of carbonyl (C=O) groups is 1. The summed E-state index contributed by atoms with van der Waals surface area (Å²) in [6, 6.07) is 0. The maximum atomic E-state index is 11.1. The predicted molar refractivity (Wildman–Crippen MR) is 60.5 cm³/mol. The van der Waals surface area contributed by atoms with Gasteiger partial charge in [0.1, 0.15) is 0 Å². The molecule has 16 heavy (non-hydrogen) atoms. The lowest BCUT2D eigenvalue weighted by molar-refractivity contribution is 0.168. The van der Waals surface area contributed by atoms with E-state index in [1.54, 1.807) is 6.92 Å². The number of hydrogen-bond acceptors (Lipinski definition) is 6. The predicted octanol–water partition coefficient (Wildman–Crippen LogP) is 1.95. The highest BCUT2D eigenvalue weighted by Crippen LogP contribution is 2.29. The van der Waals surface area contributed by atoms with Gasteiger partial charge in [-0.25, -0.2) is 18.2 Å². The van der Waals surface area contributed by atoms with E-state index in [-0.39, 0.29) is 21.6 Å². The Labute approximate surface area is 101 Å². The van der Waals surface area contributed by atoms with Crippen LogP contribution in [0.25, 0.3) is 0 Å². The number of aryl methyl sites for hydroxylation is 1. The van der Waals surface area contributed by atoms with Crippen molar-refractivity contribution < 1.29 is 17.9 Å². The zero-order valence-corrected chi connectivity index (χ0v) is 10.9. The molecule has 1 heterocycles. The summed E-state index contributed by atoms with van der Waals surface area (Å²) < 4.78 is 26.7. The quantitative estimate of drug-likeness (QED) is 0.858. The molecular formula is C7H9ClN2O4S2. The highest BCUT2D eigenvalue weighted by Gasteiger charge is 2.20. The summed E-state index contributed by atoms with van der Waals surface area (Å²) in [5, 5.41) is 2.43. The topological polar surface area (TPSA) is 85.4 Å². The number of carbonyl (C=O) groups excluding carboxylic acids is 1. The zero-order chi connectivity index (χ0) is 12.3. The summed E-state index contributed by atoms with van der Waals surface area (Å²) in [5.74, 6) is 0. The Morgan fingerprint density at radius 3 is 2.69 bits per heavy atom. The van der Waals surface area contributed by atoms with E-state index in [1.807, 2.05) is 0 Å². The number of halogens is 1. The molecule has 0 saturated carbocycles. The van der Waals surface area contributed by atoms with Crippen molar-refractivity contribution in [3.05, 3.63) is 5.69 Å². The van der Waals surface area contributed by atoms with E-state index in [9.17, 15) is 13.2 Å². The standard InChI is InChI=1S/C7H9ClN2O4S2/c1-3-14-7(11)10-6-9-4(2)5(15-6)16(8,12)13/h3H2,1-2H3,(H,9,10,11). The molecule has 0 radical (unpaired) electrons. The maximum absolute atomic E-state index is 11.1. The van der Waals surface area contributed by atoms with Crippen LogP contribution in [0.5, 0.6) is 0 Å². The van der Waals surface area contributed by atoms with E-state index < -0.39 is 15.1 Å². The van der Waals surface area contributed by atoms with Crippen molar-refractivity contribution in [3.8, 4) is 0 Å². The minimum absolute atomic E-state index is 0.0824. The van der Waals surface area contributed by atoms with Crippen molar-refractivity contribution in [2.24, 2.45) is 0 Å². The van der Waals surface area contributed by atoms with E-state index in [2.05, 4.69) is 15.0 Å². The summed E-state index contributed by atoms with van der Waals surface area (Å²) in [4.78, 5) is 14.9. The third-order valence-electron chi connectivity index (χ3n) is 1.46. The Morgan fingerprint density at radius 2 is 2.25 bits per heavy atom. The number of thiazole rings is 1. The molecule has 0 aliphatic carbocycles. The molecule has 0 atom stereocenters. The Kier molecular flexibility index (Phi) is 4.11. The number of amides is 1. The van der Waals surface area contributed by atoms with Gasteiger partial charge >= 0.3 is 6.09 Å². The van der Waals surface area contributed by atoms with Crippen molar-refractivity contribution in [1.29, 1.82) is 0 Å². The molecule has 0 aromatic carbocycles. The number of rotatable bonds is 3. The van der Waals surface area contributed by atoms with Crippen LogP contribution in [0.4, 0.5) is 9.93 Å². The summed E-state index contributed by atoms with van der Waals surface area (Å²) in [5.41, 5.74) is 0.242. The average Bonchev–Trinajstić information content (AvgIpc) is 2.46. The molecular weight excluding hydrogens is 276 g/mol. The second-order valence-corrected chi connectivity index (χ2v) is 6.44. The lowest BCUT2D eigenvalue weighted by atomic mass is 10.6. The molecule has 1 amide bonds. The summed E-state index contributed by atoms with van der Waals surface area (Å²) in [6.45, 7) is 3.36. The van der Waals surface area contributed by atoms with Crippen LogP contribution in [0.1, 0.15) is 12.6 Å². The van der Waals surface area contributed by atoms with E-state index in [0.29, 0.717) is 0 Å². The fraction of sp³-hybridized carbons (Fsp3) is 0.429. The van der Waals surface area contributed by atoms with Crippen LogP contribution in [0, 0.1) is 6.92 Å². The van der Waals surface area contributed by atoms with Gasteiger partial charge in [0.15, 0.2) is 9.34 Å². The van der Waals surface area contributed by atoms with Crippen LogP contribution in [0.15, 0.2) is 4.21 Å². The van der Waals surface area contributed by atoms with Gasteiger partial charge in [-0.1, -0.05) is 11.3 Å². The van der Waals surface area contributed by atoms with E-state index in [0.717, 1.165) is 11.3 Å². The molecule has 0 spiro atoms. The van der Waals surface area contributed by atoms with Crippen LogP contribution in [0.2, 0.25) is 0 Å². The first-order chi connectivity index (χ1) is 7.34. The molecule has 1 aromatic rings. The van der Waals surface area contributed by atoms with Crippen LogP contribution in [-0.4, -0.2) is 26.1 Å². The average molecular weight is 285 g/mol. The van der Waals surface area contributed by atoms with Gasteiger partial charge in [-0.2, -0.15) is 0 Å². The van der Waals surface area contributed by atoms with Crippen molar-refractivity contribution in [3.63, 3.8) is 0 Å². The van der Waals surface area contributed by atoms with Crippen LogP contribution in [0.3, 0.4) is 0 Å². The lowest BCUT2D eigenvalue weighted by Crippen LogP contribution is -2.12.